The fourth-order valence-corrected chi connectivity index (χ4v) is 2.75. The number of benzene rings is 1. The molecule has 1 fully saturated rings. The average Bonchev–Trinajstić information content (AvgIpc) is 2.38. The quantitative estimate of drug-likeness (QED) is 0.855. The van der Waals surface area contributed by atoms with Crippen LogP contribution in [-0.2, 0) is 11.2 Å². The number of carbonyl (C=O) groups excluding carboxylic acids is 1. The van der Waals surface area contributed by atoms with Gasteiger partial charge in [-0.3, -0.25) is 4.79 Å². The molecule has 2 rings (SSSR count). The molecule has 0 spiro atoms. The third-order valence-corrected chi connectivity index (χ3v) is 3.75. The number of amides is 1. The lowest BCUT2D eigenvalue weighted by atomic mass is 10.0. The highest BCUT2D eigenvalue weighted by atomic mass is 35.5. The second-order valence-corrected chi connectivity index (χ2v) is 5.05. The van der Waals surface area contributed by atoms with E-state index in [-0.39, 0.29) is 17.7 Å². The number of nitrogens with zero attached hydrogens (tertiary/aromatic N) is 1. The van der Waals surface area contributed by atoms with Gasteiger partial charge in [-0.15, -0.1) is 11.6 Å². The van der Waals surface area contributed by atoms with Gasteiger partial charge in [0, 0.05) is 18.5 Å². The fourth-order valence-electron chi connectivity index (χ4n) is 2.43. The van der Waals surface area contributed by atoms with Gasteiger partial charge in [-0.05, 0) is 37.0 Å². The molecular weight excluding hydrogens is 250 g/mol. The molecule has 0 radical (unpaired) electrons. The lowest BCUT2D eigenvalue weighted by Gasteiger charge is -2.34. The van der Waals surface area contributed by atoms with E-state index in [0.29, 0.717) is 12.3 Å². The Labute approximate surface area is 112 Å². The Morgan fingerprint density at radius 1 is 1.44 bits per heavy atom. The number of aromatic hydroxyl groups is 1. The number of alkyl halides is 1. The van der Waals surface area contributed by atoms with E-state index in [1.807, 2.05) is 11.0 Å². The zero-order chi connectivity index (χ0) is 13.0. The molecule has 0 aliphatic carbocycles. The number of piperidine rings is 1. The summed E-state index contributed by atoms with van der Waals surface area (Å²) in [7, 11) is 0. The molecule has 1 aromatic carbocycles. The van der Waals surface area contributed by atoms with Gasteiger partial charge in [0.1, 0.15) is 5.75 Å². The van der Waals surface area contributed by atoms with Crippen LogP contribution in [0.3, 0.4) is 0 Å². The molecule has 98 valence electrons. The molecule has 0 aromatic heterocycles. The fraction of sp³-hybridized carbons (Fsp3) is 0.500. The van der Waals surface area contributed by atoms with Crippen molar-refractivity contribution in [2.24, 2.45) is 0 Å². The van der Waals surface area contributed by atoms with Gasteiger partial charge in [-0.25, -0.2) is 0 Å². The van der Waals surface area contributed by atoms with Crippen molar-refractivity contribution in [1.82, 2.24) is 4.90 Å². The van der Waals surface area contributed by atoms with Gasteiger partial charge in [0.05, 0.1) is 6.42 Å². The predicted octanol–water partition coefficient (Wildman–Crippen LogP) is 2.55. The number of phenolic OH excluding ortho intramolecular Hbond substituents is 1. The van der Waals surface area contributed by atoms with Crippen LogP contribution in [0, 0.1) is 0 Å². The van der Waals surface area contributed by atoms with Crippen molar-refractivity contribution in [2.45, 2.75) is 31.7 Å². The van der Waals surface area contributed by atoms with E-state index in [0.717, 1.165) is 31.4 Å². The highest BCUT2D eigenvalue weighted by molar-refractivity contribution is 6.18. The molecule has 1 aliphatic heterocycles. The highest BCUT2D eigenvalue weighted by Crippen LogP contribution is 2.20. The van der Waals surface area contributed by atoms with Gasteiger partial charge in [-0.1, -0.05) is 12.1 Å². The second-order valence-electron chi connectivity index (χ2n) is 4.74. The summed E-state index contributed by atoms with van der Waals surface area (Å²) in [6.07, 6.45) is 3.53. The van der Waals surface area contributed by atoms with Crippen LogP contribution in [0.1, 0.15) is 24.8 Å². The van der Waals surface area contributed by atoms with Crippen LogP contribution in [0.5, 0.6) is 5.75 Å². The van der Waals surface area contributed by atoms with E-state index in [9.17, 15) is 9.90 Å². The topological polar surface area (TPSA) is 40.5 Å². The number of phenols is 1. The summed E-state index contributed by atoms with van der Waals surface area (Å²) in [4.78, 5) is 14.1. The van der Waals surface area contributed by atoms with Crippen molar-refractivity contribution in [3.05, 3.63) is 29.8 Å². The molecule has 1 saturated heterocycles. The van der Waals surface area contributed by atoms with Crippen molar-refractivity contribution >= 4 is 17.5 Å². The van der Waals surface area contributed by atoms with Crippen molar-refractivity contribution in [1.29, 1.82) is 0 Å². The van der Waals surface area contributed by atoms with Crippen molar-refractivity contribution in [2.75, 3.05) is 12.4 Å². The van der Waals surface area contributed by atoms with E-state index >= 15 is 0 Å². The van der Waals surface area contributed by atoms with Crippen LogP contribution in [0.25, 0.3) is 0 Å². The average molecular weight is 268 g/mol. The first-order valence-corrected chi connectivity index (χ1v) is 6.87. The summed E-state index contributed by atoms with van der Waals surface area (Å²) >= 11 is 5.91. The summed E-state index contributed by atoms with van der Waals surface area (Å²) < 4.78 is 0. The van der Waals surface area contributed by atoms with E-state index in [1.54, 1.807) is 18.2 Å². The van der Waals surface area contributed by atoms with Crippen molar-refractivity contribution in [3.8, 4) is 5.75 Å². The summed E-state index contributed by atoms with van der Waals surface area (Å²) in [5.41, 5.74) is 0.846. The molecule has 18 heavy (non-hydrogen) atoms. The second kappa shape index (κ2) is 6.10. The van der Waals surface area contributed by atoms with Crippen LogP contribution in [0.15, 0.2) is 24.3 Å². The largest absolute Gasteiger partial charge is 0.508 e. The number of halogens is 1. The van der Waals surface area contributed by atoms with Crippen LogP contribution in [0.2, 0.25) is 0 Å². The van der Waals surface area contributed by atoms with E-state index in [1.165, 1.54) is 0 Å². The summed E-state index contributed by atoms with van der Waals surface area (Å²) in [5, 5.41) is 9.39. The number of hydrogen-bond acceptors (Lipinski definition) is 2. The molecule has 1 heterocycles. The summed E-state index contributed by atoms with van der Waals surface area (Å²) in [5.74, 6) is 0.810. The number of hydrogen-bond donors (Lipinski definition) is 1. The lowest BCUT2D eigenvalue weighted by Crippen LogP contribution is -2.45. The number of carbonyl (C=O) groups is 1. The Hall–Kier alpha value is -1.22. The Kier molecular flexibility index (Phi) is 4.48. The van der Waals surface area contributed by atoms with Gasteiger partial charge < -0.3 is 10.0 Å². The first-order chi connectivity index (χ1) is 8.70. The van der Waals surface area contributed by atoms with Gasteiger partial charge in [0.15, 0.2) is 0 Å². The molecular formula is C14H18ClNO2. The third kappa shape index (κ3) is 3.16. The minimum atomic E-state index is 0.103. The molecule has 1 aliphatic rings. The first kappa shape index (κ1) is 13.2. The molecule has 1 atom stereocenters. The summed E-state index contributed by atoms with van der Waals surface area (Å²) in [6, 6.07) is 7.03. The van der Waals surface area contributed by atoms with Gasteiger partial charge >= 0.3 is 0 Å². The Morgan fingerprint density at radius 3 is 3.00 bits per heavy atom. The first-order valence-electron chi connectivity index (χ1n) is 6.34. The van der Waals surface area contributed by atoms with Gasteiger partial charge in [0.25, 0.3) is 0 Å². The third-order valence-electron chi connectivity index (χ3n) is 3.39. The zero-order valence-electron chi connectivity index (χ0n) is 10.3. The highest BCUT2D eigenvalue weighted by Gasteiger charge is 2.25. The Bertz CT molecular complexity index is 422. The number of rotatable bonds is 3. The molecule has 0 bridgehead atoms. The molecule has 1 aromatic rings. The molecule has 1 N–H and O–H groups in total. The SMILES string of the molecule is O=C(Cc1cccc(O)c1)N1CCCCC1CCl. The monoisotopic (exact) mass is 267 g/mol. The minimum Gasteiger partial charge on any atom is -0.508 e. The standard InChI is InChI=1S/C14H18ClNO2/c15-10-12-5-1-2-7-16(12)14(18)9-11-4-3-6-13(17)8-11/h3-4,6,8,12,17H,1-2,5,7,9-10H2. The van der Waals surface area contributed by atoms with Crippen LogP contribution < -0.4 is 0 Å². The predicted molar refractivity (Wildman–Crippen MR) is 71.9 cm³/mol. The van der Waals surface area contributed by atoms with Crippen molar-refractivity contribution < 1.29 is 9.90 Å². The van der Waals surface area contributed by atoms with Gasteiger partial charge in [0.2, 0.25) is 5.91 Å². The lowest BCUT2D eigenvalue weighted by molar-refractivity contribution is -0.133. The maximum absolute atomic E-state index is 12.2. The van der Waals surface area contributed by atoms with E-state index in [4.69, 9.17) is 11.6 Å². The smallest absolute Gasteiger partial charge is 0.227 e. The summed E-state index contributed by atoms with van der Waals surface area (Å²) in [6.45, 7) is 0.801. The van der Waals surface area contributed by atoms with Crippen molar-refractivity contribution in [3.63, 3.8) is 0 Å². The molecule has 4 heteroatoms. The molecule has 0 saturated carbocycles. The zero-order valence-corrected chi connectivity index (χ0v) is 11.1. The maximum Gasteiger partial charge on any atom is 0.227 e. The van der Waals surface area contributed by atoms with E-state index in [2.05, 4.69) is 0 Å². The van der Waals surface area contributed by atoms with Crippen LogP contribution in [-0.4, -0.2) is 34.4 Å². The van der Waals surface area contributed by atoms with Crippen LogP contribution >= 0.6 is 11.6 Å². The van der Waals surface area contributed by atoms with Gasteiger partial charge in [-0.2, -0.15) is 0 Å². The Morgan fingerprint density at radius 2 is 2.28 bits per heavy atom. The normalized spacial score (nSPS) is 19.8. The minimum absolute atomic E-state index is 0.103. The van der Waals surface area contributed by atoms with E-state index < -0.39 is 0 Å². The van der Waals surface area contributed by atoms with Crippen LogP contribution in [0.4, 0.5) is 0 Å². The Balaban J connectivity index is 2.02. The molecule has 1 amide bonds. The number of likely N-dealkylation sites (tertiary alicyclic amines) is 1. The maximum atomic E-state index is 12.2. The molecule has 1 unspecified atom stereocenters. The molecule has 3 nitrogen and oxygen atoms in total.